The average molecular weight is 284 g/mol. The largest absolute Gasteiger partial charge is 0.490 e. The fourth-order valence-electron chi connectivity index (χ4n) is 2.00. The molecule has 0 unspecified atom stereocenters. The summed E-state index contributed by atoms with van der Waals surface area (Å²) in [5.74, 6) is 0.866. The first-order chi connectivity index (χ1) is 8.66. The number of allylic oxidation sites excluding steroid dienone is 1. The Labute approximate surface area is 121 Å². The lowest BCUT2D eigenvalue weighted by Crippen LogP contribution is -2.35. The van der Waals surface area contributed by atoms with Crippen molar-refractivity contribution in [1.82, 2.24) is 5.32 Å². The standard InChI is InChI=1S/C15H21NO2.ClH/c1-11(2)16-9-13(17)10-18-15-8-4-6-12-5-3-7-14(12)15;/h3-4,6-8,11,13,16-17H,5,9-10H2,1-2H3;1H/t13-;/m0./s1. The van der Waals surface area contributed by atoms with Gasteiger partial charge in [0.25, 0.3) is 0 Å². The maximum Gasteiger partial charge on any atom is 0.126 e. The summed E-state index contributed by atoms with van der Waals surface area (Å²) < 4.78 is 5.70. The van der Waals surface area contributed by atoms with Crippen LogP contribution in [0.2, 0.25) is 0 Å². The van der Waals surface area contributed by atoms with E-state index in [9.17, 15) is 5.11 Å². The van der Waals surface area contributed by atoms with Crippen LogP contribution in [0.1, 0.15) is 25.0 Å². The fraction of sp³-hybridized carbons (Fsp3) is 0.467. The molecule has 0 amide bonds. The Bertz CT molecular complexity index is 432. The van der Waals surface area contributed by atoms with E-state index in [-0.39, 0.29) is 12.4 Å². The molecule has 1 aliphatic rings. The van der Waals surface area contributed by atoms with Crippen molar-refractivity contribution in [1.29, 1.82) is 0 Å². The molecule has 1 aromatic rings. The highest BCUT2D eigenvalue weighted by Crippen LogP contribution is 2.28. The monoisotopic (exact) mass is 283 g/mol. The van der Waals surface area contributed by atoms with Crippen LogP contribution in [0.15, 0.2) is 24.3 Å². The third kappa shape index (κ3) is 4.53. The van der Waals surface area contributed by atoms with Crippen molar-refractivity contribution in [3.8, 4) is 5.75 Å². The van der Waals surface area contributed by atoms with Gasteiger partial charge in [0.2, 0.25) is 0 Å². The smallest absolute Gasteiger partial charge is 0.126 e. The quantitative estimate of drug-likeness (QED) is 0.842. The minimum atomic E-state index is -0.478. The molecule has 0 radical (unpaired) electrons. The third-order valence-corrected chi connectivity index (χ3v) is 2.97. The molecule has 1 atom stereocenters. The molecule has 0 aliphatic heterocycles. The van der Waals surface area contributed by atoms with E-state index in [1.807, 2.05) is 12.1 Å². The van der Waals surface area contributed by atoms with E-state index in [1.165, 1.54) is 5.56 Å². The predicted octanol–water partition coefficient (Wildman–Crippen LogP) is 2.42. The van der Waals surface area contributed by atoms with Crippen molar-refractivity contribution >= 4 is 18.5 Å². The number of nitrogens with one attached hydrogen (secondary N) is 1. The van der Waals surface area contributed by atoms with Crippen molar-refractivity contribution < 1.29 is 9.84 Å². The van der Waals surface area contributed by atoms with Gasteiger partial charge in [-0.05, 0) is 18.1 Å². The Hall–Kier alpha value is -1.03. The average Bonchev–Trinajstić information content (AvgIpc) is 2.82. The second kappa shape index (κ2) is 7.53. The minimum absolute atomic E-state index is 0. The Morgan fingerprint density at radius 1 is 1.37 bits per heavy atom. The molecule has 2 rings (SSSR count). The summed E-state index contributed by atoms with van der Waals surface area (Å²) in [6.45, 7) is 5.00. The van der Waals surface area contributed by atoms with Crippen LogP contribution in [0.25, 0.3) is 6.08 Å². The van der Waals surface area contributed by atoms with Crippen LogP contribution >= 0.6 is 12.4 Å². The molecule has 2 N–H and O–H groups in total. The van der Waals surface area contributed by atoms with Gasteiger partial charge in [0, 0.05) is 18.2 Å². The molecule has 0 bridgehead atoms. The van der Waals surface area contributed by atoms with Gasteiger partial charge in [0.1, 0.15) is 18.5 Å². The summed E-state index contributed by atoms with van der Waals surface area (Å²) >= 11 is 0. The lowest BCUT2D eigenvalue weighted by Gasteiger charge is -2.16. The second-order valence-corrected chi connectivity index (χ2v) is 4.96. The first-order valence-corrected chi connectivity index (χ1v) is 6.49. The molecular formula is C15H22ClNO2. The summed E-state index contributed by atoms with van der Waals surface area (Å²) in [4.78, 5) is 0. The SMILES string of the molecule is CC(C)NC[C@H](O)COc1cccc2c1C=CC2.Cl. The summed E-state index contributed by atoms with van der Waals surface area (Å²) in [6.07, 6.45) is 4.72. The number of hydrogen-bond acceptors (Lipinski definition) is 3. The molecule has 1 aromatic carbocycles. The normalized spacial score (nSPS) is 14.1. The second-order valence-electron chi connectivity index (χ2n) is 4.96. The highest BCUT2D eigenvalue weighted by atomic mass is 35.5. The molecule has 0 spiro atoms. The highest BCUT2D eigenvalue weighted by Gasteiger charge is 2.12. The minimum Gasteiger partial charge on any atom is -0.490 e. The number of fused-ring (bicyclic) bond motifs is 1. The number of aliphatic hydroxyl groups is 1. The molecule has 0 heterocycles. The van der Waals surface area contributed by atoms with Gasteiger partial charge in [-0.1, -0.05) is 38.1 Å². The molecule has 0 fully saturated rings. The highest BCUT2D eigenvalue weighted by molar-refractivity contribution is 5.85. The van der Waals surface area contributed by atoms with E-state index in [4.69, 9.17) is 4.74 Å². The van der Waals surface area contributed by atoms with E-state index < -0.39 is 6.10 Å². The number of benzene rings is 1. The molecule has 3 nitrogen and oxygen atoms in total. The van der Waals surface area contributed by atoms with E-state index in [1.54, 1.807) is 0 Å². The van der Waals surface area contributed by atoms with Gasteiger partial charge >= 0.3 is 0 Å². The maximum absolute atomic E-state index is 9.80. The van der Waals surface area contributed by atoms with Gasteiger partial charge in [0.05, 0.1) is 0 Å². The molecule has 0 saturated heterocycles. The van der Waals surface area contributed by atoms with Crippen molar-refractivity contribution in [2.75, 3.05) is 13.2 Å². The number of ether oxygens (including phenoxy) is 1. The van der Waals surface area contributed by atoms with Crippen LogP contribution in [-0.4, -0.2) is 30.4 Å². The maximum atomic E-state index is 9.80. The van der Waals surface area contributed by atoms with Crippen molar-refractivity contribution in [3.63, 3.8) is 0 Å². The molecule has 4 heteroatoms. The molecule has 106 valence electrons. The zero-order valence-electron chi connectivity index (χ0n) is 11.4. The summed E-state index contributed by atoms with van der Waals surface area (Å²) in [7, 11) is 0. The summed E-state index contributed by atoms with van der Waals surface area (Å²) in [5, 5.41) is 13.0. The Kier molecular flexibility index (Phi) is 6.35. The third-order valence-electron chi connectivity index (χ3n) is 2.97. The first kappa shape index (κ1) is 16.0. The van der Waals surface area contributed by atoms with Crippen molar-refractivity contribution in [3.05, 3.63) is 35.4 Å². The Balaban J connectivity index is 0.00000180. The molecule has 1 aliphatic carbocycles. The molecular weight excluding hydrogens is 262 g/mol. The first-order valence-electron chi connectivity index (χ1n) is 6.49. The predicted molar refractivity (Wildman–Crippen MR) is 81.1 cm³/mol. The summed E-state index contributed by atoms with van der Waals surface area (Å²) in [5.41, 5.74) is 2.45. The zero-order valence-corrected chi connectivity index (χ0v) is 12.2. The number of halogens is 1. The Morgan fingerprint density at radius 2 is 2.16 bits per heavy atom. The molecule has 0 aromatic heterocycles. The van der Waals surface area contributed by atoms with Crippen LogP contribution in [0.3, 0.4) is 0 Å². The zero-order chi connectivity index (χ0) is 13.0. The number of aliphatic hydroxyl groups excluding tert-OH is 1. The van der Waals surface area contributed by atoms with Gasteiger partial charge in [-0.2, -0.15) is 0 Å². The molecule has 0 saturated carbocycles. The number of rotatable bonds is 6. The fourth-order valence-corrected chi connectivity index (χ4v) is 2.00. The van der Waals surface area contributed by atoms with Crippen LogP contribution in [0.4, 0.5) is 0 Å². The van der Waals surface area contributed by atoms with Gasteiger partial charge in [-0.25, -0.2) is 0 Å². The van der Waals surface area contributed by atoms with E-state index in [0.29, 0.717) is 19.2 Å². The summed E-state index contributed by atoms with van der Waals surface area (Å²) in [6, 6.07) is 6.44. The van der Waals surface area contributed by atoms with Crippen molar-refractivity contribution in [2.45, 2.75) is 32.4 Å². The van der Waals surface area contributed by atoms with E-state index in [0.717, 1.165) is 17.7 Å². The number of hydrogen-bond donors (Lipinski definition) is 2. The van der Waals surface area contributed by atoms with E-state index in [2.05, 4.69) is 37.4 Å². The molecule has 19 heavy (non-hydrogen) atoms. The van der Waals surface area contributed by atoms with Crippen LogP contribution < -0.4 is 10.1 Å². The van der Waals surface area contributed by atoms with Crippen LogP contribution in [0.5, 0.6) is 5.75 Å². The van der Waals surface area contributed by atoms with E-state index >= 15 is 0 Å². The Morgan fingerprint density at radius 3 is 2.89 bits per heavy atom. The van der Waals surface area contributed by atoms with Gasteiger partial charge in [0.15, 0.2) is 0 Å². The lowest BCUT2D eigenvalue weighted by molar-refractivity contribution is 0.104. The lowest BCUT2D eigenvalue weighted by atomic mass is 10.1. The topological polar surface area (TPSA) is 41.5 Å². The van der Waals surface area contributed by atoms with Gasteiger partial charge < -0.3 is 15.2 Å². The van der Waals surface area contributed by atoms with Gasteiger partial charge in [-0.15, -0.1) is 12.4 Å². The van der Waals surface area contributed by atoms with Crippen LogP contribution in [-0.2, 0) is 6.42 Å². The van der Waals surface area contributed by atoms with Crippen LogP contribution in [0, 0.1) is 0 Å². The van der Waals surface area contributed by atoms with Gasteiger partial charge in [-0.3, -0.25) is 0 Å². The van der Waals surface area contributed by atoms with Crippen molar-refractivity contribution in [2.24, 2.45) is 0 Å².